The van der Waals surface area contributed by atoms with E-state index in [0.29, 0.717) is 0 Å². The van der Waals surface area contributed by atoms with Gasteiger partial charge in [0, 0.05) is 38.9 Å². The van der Waals surface area contributed by atoms with Crippen molar-refractivity contribution >= 4 is 11.4 Å². The van der Waals surface area contributed by atoms with Crippen molar-refractivity contribution in [3.05, 3.63) is 72.1 Å². The fraction of sp³-hybridized carbons (Fsp3) is 0.364. The molecule has 27 heavy (non-hydrogen) atoms. The van der Waals surface area contributed by atoms with E-state index in [0.717, 1.165) is 55.9 Å². The fourth-order valence-corrected chi connectivity index (χ4v) is 3.88. The van der Waals surface area contributed by atoms with Crippen molar-refractivity contribution in [2.24, 2.45) is 0 Å². The number of rotatable bonds is 5. The van der Waals surface area contributed by atoms with Crippen molar-refractivity contribution in [1.29, 1.82) is 0 Å². The van der Waals surface area contributed by atoms with Gasteiger partial charge in [0.25, 0.3) is 0 Å². The Bertz CT molecular complexity index is 864. The largest absolute Gasteiger partial charge is 0.340 e. The molecule has 0 bridgehead atoms. The second kappa shape index (κ2) is 7.92. The van der Waals surface area contributed by atoms with Crippen LogP contribution in [0.4, 0.5) is 0 Å². The number of pyridine rings is 1. The monoisotopic (exact) mass is 362 g/mol. The van der Waals surface area contributed by atoms with Gasteiger partial charge in [-0.3, -0.25) is 9.69 Å². The summed E-state index contributed by atoms with van der Waals surface area (Å²) in [6, 6.07) is 18.4. The first-order chi connectivity index (χ1) is 13.2. The summed E-state index contributed by atoms with van der Waals surface area (Å²) in [5.74, 6) is 0.229. The molecule has 5 heteroatoms. The summed E-state index contributed by atoms with van der Waals surface area (Å²) in [6.07, 6.45) is 2.81. The molecule has 1 unspecified atom stereocenters. The Hall–Kier alpha value is -2.66. The maximum Gasteiger partial charge on any atom is 0.230 e. The third kappa shape index (κ3) is 3.88. The SMILES string of the molecule is CCC(C(=O)N1CCN(Cc2cc3ccccn3n2)CC1)c1ccccc1. The zero-order valence-electron chi connectivity index (χ0n) is 15.8. The molecule has 1 saturated heterocycles. The number of carbonyl (C=O) groups is 1. The molecule has 3 aromatic rings. The smallest absolute Gasteiger partial charge is 0.230 e. The number of fused-ring (bicyclic) bond motifs is 1. The molecule has 0 aliphatic carbocycles. The van der Waals surface area contributed by atoms with Crippen LogP contribution in [0, 0.1) is 0 Å². The average Bonchev–Trinajstić information content (AvgIpc) is 3.12. The predicted octanol–water partition coefficient (Wildman–Crippen LogP) is 3.17. The van der Waals surface area contributed by atoms with Crippen molar-refractivity contribution in [1.82, 2.24) is 19.4 Å². The van der Waals surface area contributed by atoms with Gasteiger partial charge in [-0.2, -0.15) is 5.10 Å². The van der Waals surface area contributed by atoms with Crippen LogP contribution in [0.3, 0.4) is 0 Å². The quantitative estimate of drug-likeness (QED) is 0.700. The lowest BCUT2D eigenvalue weighted by Crippen LogP contribution is -2.49. The van der Waals surface area contributed by atoms with E-state index in [-0.39, 0.29) is 11.8 Å². The van der Waals surface area contributed by atoms with Crippen LogP contribution in [0.1, 0.15) is 30.5 Å². The number of amides is 1. The third-order valence-corrected chi connectivity index (χ3v) is 5.40. The lowest BCUT2D eigenvalue weighted by atomic mass is 9.95. The molecule has 1 fully saturated rings. The number of hydrogen-bond donors (Lipinski definition) is 0. The predicted molar refractivity (Wildman–Crippen MR) is 107 cm³/mol. The maximum atomic E-state index is 13.0. The van der Waals surface area contributed by atoms with Gasteiger partial charge in [-0.05, 0) is 30.2 Å². The van der Waals surface area contributed by atoms with Crippen molar-refractivity contribution < 1.29 is 4.79 Å². The van der Waals surface area contributed by atoms with Gasteiger partial charge in [-0.25, -0.2) is 4.52 Å². The molecule has 3 heterocycles. The van der Waals surface area contributed by atoms with E-state index in [4.69, 9.17) is 0 Å². The molecule has 2 aromatic heterocycles. The molecule has 0 saturated carbocycles. The molecule has 0 radical (unpaired) electrons. The number of benzene rings is 1. The molecule has 1 atom stereocenters. The van der Waals surface area contributed by atoms with Crippen LogP contribution in [-0.4, -0.2) is 51.5 Å². The Morgan fingerprint density at radius 2 is 1.78 bits per heavy atom. The Balaban J connectivity index is 1.36. The van der Waals surface area contributed by atoms with Crippen LogP contribution >= 0.6 is 0 Å². The first-order valence-electron chi connectivity index (χ1n) is 9.74. The van der Waals surface area contributed by atoms with Crippen LogP contribution in [0.15, 0.2) is 60.8 Å². The zero-order valence-corrected chi connectivity index (χ0v) is 15.8. The van der Waals surface area contributed by atoms with Crippen LogP contribution in [0.5, 0.6) is 0 Å². The third-order valence-electron chi connectivity index (χ3n) is 5.40. The number of nitrogens with zero attached hydrogens (tertiary/aromatic N) is 4. The fourth-order valence-electron chi connectivity index (χ4n) is 3.88. The van der Waals surface area contributed by atoms with Crippen molar-refractivity contribution in [3.63, 3.8) is 0 Å². The molecule has 1 amide bonds. The second-order valence-corrected chi connectivity index (χ2v) is 7.18. The molecular weight excluding hydrogens is 336 g/mol. The Kier molecular flexibility index (Phi) is 5.21. The summed E-state index contributed by atoms with van der Waals surface area (Å²) in [4.78, 5) is 17.4. The van der Waals surface area contributed by atoms with Gasteiger partial charge < -0.3 is 4.90 Å². The number of piperazine rings is 1. The van der Waals surface area contributed by atoms with E-state index < -0.39 is 0 Å². The lowest BCUT2D eigenvalue weighted by Gasteiger charge is -2.36. The Morgan fingerprint density at radius 3 is 2.48 bits per heavy atom. The summed E-state index contributed by atoms with van der Waals surface area (Å²) in [7, 11) is 0. The summed E-state index contributed by atoms with van der Waals surface area (Å²) in [6.45, 7) is 6.29. The molecule has 0 N–H and O–H groups in total. The van der Waals surface area contributed by atoms with E-state index in [2.05, 4.69) is 41.2 Å². The average molecular weight is 362 g/mol. The Morgan fingerprint density at radius 1 is 1.04 bits per heavy atom. The van der Waals surface area contributed by atoms with Gasteiger partial charge in [0.05, 0.1) is 17.1 Å². The molecule has 1 aliphatic heterocycles. The first kappa shape index (κ1) is 17.7. The van der Waals surface area contributed by atoms with Crippen molar-refractivity contribution in [2.75, 3.05) is 26.2 Å². The highest BCUT2D eigenvalue weighted by Gasteiger charge is 2.27. The van der Waals surface area contributed by atoms with E-state index in [1.54, 1.807) is 0 Å². The van der Waals surface area contributed by atoms with Crippen LogP contribution in [-0.2, 0) is 11.3 Å². The standard InChI is InChI=1S/C22H26N4O/c1-2-21(18-8-4-3-5-9-18)22(27)25-14-12-24(13-15-25)17-19-16-20-10-6-7-11-26(20)23-19/h3-11,16,21H,2,12-15,17H2,1H3. The van der Waals surface area contributed by atoms with Crippen molar-refractivity contribution in [2.45, 2.75) is 25.8 Å². The minimum Gasteiger partial charge on any atom is -0.340 e. The van der Waals surface area contributed by atoms with Gasteiger partial charge >= 0.3 is 0 Å². The van der Waals surface area contributed by atoms with E-state index in [9.17, 15) is 4.79 Å². The highest BCUT2D eigenvalue weighted by Crippen LogP contribution is 2.23. The van der Waals surface area contributed by atoms with E-state index in [1.165, 1.54) is 0 Å². The normalized spacial score (nSPS) is 16.6. The first-order valence-corrected chi connectivity index (χ1v) is 9.74. The minimum absolute atomic E-state index is 0.0313. The summed E-state index contributed by atoms with van der Waals surface area (Å²) >= 11 is 0. The van der Waals surface area contributed by atoms with Crippen LogP contribution in [0.2, 0.25) is 0 Å². The molecule has 5 nitrogen and oxygen atoms in total. The minimum atomic E-state index is -0.0313. The zero-order chi connectivity index (χ0) is 18.6. The molecule has 1 aromatic carbocycles. The molecule has 4 rings (SSSR count). The molecule has 1 aliphatic rings. The van der Waals surface area contributed by atoms with Gasteiger partial charge in [0.1, 0.15) is 0 Å². The highest BCUT2D eigenvalue weighted by atomic mass is 16.2. The van der Waals surface area contributed by atoms with E-state index >= 15 is 0 Å². The van der Waals surface area contributed by atoms with Crippen molar-refractivity contribution in [3.8, 4) is 0 Å². The number of hydrogen-bond acceptors (Lipinski definition) is 3. The van der Waals surface area contributed by atoms with Crippen LogP contribution < -0.4 is 0 Å². The molecule has 0 spiro atoms. The summed E-state index contributed by atoms with van der Waals surface area (Å²) in [5.41, 5.74) is 3.32. The number of aromatic nitrogens is 2. The van der Waals surface area contributed by atoms with Gasteiger partial charge in [0.2, 0.25) is 5.91 Å². The summed E-state index contributed by atoms with van der Waals surface area (Å²) in [5, 5.41) is 4.64. The second-order valence-electron chi connectivity index (χ2n) is 7.18. The van der Waals surface area contributed by atoms with Crippen LogP contribution in [0.25, 0.3) is 5.52 Å². The topological polar surface area (TPSA) is 40.9 Å². The Labute approximate surface area is 160 Å². The lowest BCUT2D eigenvalue weighted by molar-refractivity contribution is -0.134. The summed E-state index contributed by atoms with van der Waals surface area (Å²) < 4.78 is 1.92. The number of carbonyl (C=O) groups excluding carboxylic acids is 1. The van der Waals surface area contributed by atoms with E-state index in [1.807, 2.05) is 45.9 Å². The van der Waals surface area contributed by atoms with Gasteiger partial charge in [-0.1, -0.05) is 43.3 Å². The molecule has 140 valence electrons. The van der Waals surface area contributed by atoms with Gasteiger partial charge in [0.15, 0.2) is 0 Å². The van der Waals surface area contributed by atoms with Gasteiger partial charge in [-0.15, -0.1) is 0 Å². The molecular formula is C22H26N4O. The maximum absolute atomic E-state index is 13.0. The highest BCUT2D eigenvalue weighted by molar-refractivity contribution is 5.83.